The van der Waals surface area contributed by atoms with Crippen LogP contribution in [0.3, 0.4) is 0 Å². The first kappa shape index (κ1) is 15.0. The lowest BCUT2D eigenvalue weighted by Crippen LogP contribution is -2.33. The van der Waals surface area contributed by atoms with Crippen molar-refractivity contribution in [1.29, 1.82) is 0 Å². The summed E-state index contributed by atoms with van der Waals surface area (Å²) in [5.41, 5.74) is 7.16. The van der Waals surface area contributed by atoms with Crippen molar-refractivity contribution in [3.63, 3.8) is 0 Å². The highest BCUT2D eigenvalue weighted by Crippen LogP contribution is 2.12. The van der Waals surface area contributed by atoms with E-state index >= 15 is 0 Å². The molecule has 0 saturated carbocycles. The highest BCUT2D eigenvalue weighted by Gasteiger charge is 2.20. The molecule has 4 nitrogen and oxygen atoms in total. The first-order valence-electron chi connectivity index (χ1n) is 6.14. The SMILES string of the molecule is CC(C)CC(C)S(=O)(=O)NCc1cccc(N)c1. The molecule has 0 aliphatic rings. The van der Waals surface area contributed by atoms with E-state index in [1.54, 1.807) is 19.1 Å². The third kappa shape index (κ3) is 4.66. The molecule has 0 radical (unpaired) electrons. The van der Waals surface area contributed by atoms with Crippen molar-refractivity contribution >= 4 is 15.7 Å². The van der Waals surface area contributed by atoms with Gasteiger partial charge in [0, 0.05) is 12.2 Å². The second-order valence-corrected chi connectivity index (χ2v) is 7.23. The number of benzene rings is 1. The zero-order valence-electron chi connectivity index (χ0n) is 11.2. The van der Waals surface area contributed by atoms with Gasteiger partial charge in [-0.25, -0.2) is 13.1 Å². The van der Waals surface area contributed by atoms with Gasteiger partial charge in [0.05, 0.1) is 5.25 Å². The highest BCUT2D eigenvalue weighted by atomic mass is 32.2. The molecule has 1 rings (SSSR count). The number of sulfonamides is 1. The molecule has 3 N–H and O–H groups in total. The Hall–Kier alpha value is -1.07. The van der Waals surface area contributed by atoms with E-state index in [-0.39, 0.29) is 11.8 Å². The molecule has 0 spiro atoms. The van der Waals surface area contributed by atoms with Crippen LogP contribution in [-0.4, -0.2) is 13.7 Å². The molecule has 1 aromatic carbocycles. The van der Waals surface area contributed by atoms with E-state index in [0.717, 1.165) is 5.56 Å². The third-order valence-electron chi connectivity index (χ3n) is 2.76. The average Bonchev–Trinajstić information content (AvgIpc) is 2.26. The first-order chi connectivity index (χ1) is 8.31. The first-order valence-corrected chi connectivity index (χ1v) is 7.69. The van der Waals surface area contributed by atoms with E-state index in [9.17, 15) is 8.42 Å². The van der Waals surface area contributed by atoms with Gasteiger partial charge in [0.15, 0.2) is 0 Å². The van der Waals surface area contributed by atoms with Crippen LogP contribution in [0, 0.1) is 5.92 Å². The topological polar surface area (TPSA) is 72.2 Å². The Kier molecular flexibility index (Phi) is 5.16. The molecule has 0 saturated heterocycles. The number of hydrogen-bond donors (Lipinski definition) is 2. The number of anilines is 1. The van der Waals surface area contributed by atoms with Crippen LogP contribution in [0.15, 0.2) is 24.3 Å². The Labute approximate surface area is 110 Å². The molecule has 102 valence electrons. The van der Waals surface area contributed by atoms with Crippen LogP contribution in [0.2, 0.25) is 0 Å². The van der Waals surface area contributed by atoms with E-state index in [1.165, 1.54) is 0 Å². The van der Waals surface area contributed by atoms with Crippen LogP contribution in [0.25, 0.3) is 0 Å². The van der Waals surface area contributed by atoms with Crippen molar-refractivity contribution in [2.45, 2.75) is 39.0 Å². The lowest BCUT2D eigenvalue weighted by Gasteiger charge is -2.15. The predicted molar refractivity (Wildman–Crippen MR) is 75.5 cm³/mol. The van der Waals surface area contributed by atoms with E-state index < -0.39 is 10.0 Å². The van der Waals surface area contributed by atoms with Crippen LogP contribution in [0.1, 0.15) is 32.8 Å². The summed E-state index contributed by atoms with van der Waals surface area (Å²) < 4.78 is 26.6. The van der Waals surface area contributed by atoms with E-state index in [1.807, 2.05) is 26.0 Å². The van der Waals surface area contributed by atoms with Gasteiger partial charge in [-0.1, -0.05) is 26.0 Å². The molecule has 1 aromatic rings. The van der Waals surface area contributed by atoms with Crippen LogP contribution in [0.4, 0.5) is 5.69 Å². The number of hydrogen-bond acceptors (Lipinski definition) is 3. The van der Waals surface area contributed by atoms with Gasteiger partial charge in [-0.2, -0.15) is 0 Å². The quantitative estimate of drug-likeness (QED) is 0.778. The summed E-state index contributed by atoms with van der Waals surface area (Å²) in [6.45, 7) is 6.06. The monoisotopic (exact) mass is 270 g/mol. The number of nitrogens with two attached hydrogens (primary N) is 1. The third-order valence-corrected chi connectivity index (χ3v) is 4.56. The van der Waals surface area contributed by atoms with Gasteiger partial charge in [0.25, 0.3) is 0 Å². The van der Waals surface area contributed by atoms with Crippen molar-refractivity contribution in [3.8, 4) is 0 Å². The molecule has 18 heavy (non-hydrogen) atoms. The fourth-order valence-electron chi connectivity index (χ4n) is 1.82. The van der Waals surface area contributed by atoms with Gasteiger partial charge in [-0.05, 0) is 37.0 Å². The Bertz CT molecular complexity index is 484. The normalized spacial score (nSPS) is 13.8. The standard InChI is InChI=1S/C13H22N2O2S/c1-10(2)7-11(3)18(16,17)15-9-12-5-4-6-13(14)8-12/h4-6,8,10-11,15H,7,9,14H2,1-3H3. The van der Waals surface area contributed by atoms with Crippen molar-refractivity contribution < 1.29 is 8.42 Å². The lowest BCUT2D eigenvalue weighted by atomic mass is 10.1. The molecule has 0 aromatic heterocycles. The minimum absolute atomic E-state index is 0.288. The predicted octanol–water partition coefficient (Wildman–Crippen LogP) is 2.12. The zero-order chi connectivity index (χ0) is 13.8. The molecule has 5 heteroatoms. The molecule has 1 atom stereocenters. The van der Waals surface area contributed by atoms with Crippen LogP contribution >= 0.6 is 0 Å². The Morgan fingerprint density at radius 3 is 2.50 bits per heavy atom. The second-order valence-electron chi connectivity index (χ2n) is 5.05. The summed E-state index contributed by atoms with van der Waals surface area (Å²) in [6, 6.07) is 7.22. The van der Waals surface area contributed by atoms with Crippen LogP contribution < -0.4 is 10.5 Å². The van der Waals surface area contributed by atoms with Crippen molar-refractivity contribution in [1.82, 2.24) is 4.72 Å². The number of rotatable bonds is 6. The maximum atomic E-state index is 12.0. The van der Waals surface area contributed by atoms with Gasteiger partial charge < -0.3 is 5.73 Å². The zero-order valence-corrected chi connectivity index (χ0v) is 12.0. The van der Waals surface area contributed by atoms with Crippen LogP contribution in [0.5, 0.6) is 0 Å². The highest BCUT2D eigenvalue weighted by molar-refractivity contribution is 7.90. The van der Waals surface area contributed by atoms with Crippen molar-refractivity contribution in [3.05, 3.63) is 29.8 Å². The van der Waals surface area contributed by atoms with Gasteiger partial charge in [-0.3, -0.25) is 0 Å². The molecule has 0 fully saturated rings. The molecule has 0 heterocycles. The smallest absolute Gasteiger partial charge is 0.214 e. The van der Waals surface area contributed by atoms with Crippen molar-refractivity contribution in [2.24, 2.45) is 5.92 Å². The summed E-state index contributed by atoms with van der Waals surface area (Å²) in [4.78, 5) is 0. The minimum atomic E-state index is -3.26. The van der Waals surface area contributed by atoms with E-state index in [4.69, 9.17) is 5.73 Å². The Morgan fingerprint density at radius 1 is 1.28 bits per heavy atom. The maximum absolute atomic E-state index is 12.0. The summed E-state index contributed by atoms with van der Waals surface area (Å²) in [6.07, 6.45) is 0.659. The number of nitrogen functional groups attached to an aromatic ring is 1. The summed E-state index contributed by atoms with van der Waals surface area (Å²) in [5.74, 6) is 0.365. The second kappa shape index (κ2) is 6.20. The van der Waals surface area contributed by atoms with Gasteiger partial charge in [0.2, 0.25) is 10.0 Å². The summed E-state index contributed by atoms with van der Waals surface area (Å²) >= 11 is 0. The molecule has 0 bridgehead atoms. The van der Waals surface area contributed by atoms with Gasteiger partial charge >= 0.3 is 0 Å². The van der Waals surface area contributed by atoms with E-state index in [2.05, 4.69) is 4.72 Å². The Morgan fingerprint density at radius 2 is 1.94 bits per heavy atom. The summed E-state index contributed by atoms with van der Waals surface area (Å²) in [5, 5.41) is -0.376. The molecular formula is C13H22N2O2S. The molecule has 0 aliphatic carbocycles. The maximum Gasteiger partial charge on any atom is 0.214 e. The van der Waals surface area contributed by atoms with Gasteiger partial charge in [0.1, 0.15) is 0 Å². The van der Waals surface area contributed by atoms with Crippen molar-refractivity contribution in [2.75, 3.05) is 5.73 Å². The lowest BCUT2D eigenvalue weighted by molar-refractivity contribution is 0.527. The summed E-state index contributed by atoms with van der Waals surface area (Å²) in [7, 11) is -3.26. The Balaban J connectivity index is 2.62. The number of nitrogens with one attached hydrogen (secondary N) is 1. The average molecular weight is 270 g/mol. The van der Waals surface area contributed by atoms with Gasteiger partial charge in [-0.15, -0.1) is 0 Å². The molecule has 0 amide bonds. The fourth-order valence-corrected chi connectivity index (χ4v) is 3.11. The molecule has 0 aliphatic heterocycles. The van der Waals surface area contributed by atoms with Crippen LogP contribution in [-0.2, 0) is 16.6 Å². The largest absolute Gasteiger partial charge is 0.399 e. The minimum Gasteiger partial charge on any atom is -0.399 e. The fraction of sp³-hybridized carbons (Fsp3) is 0.538. The molecular weight excluding hydrogens is 248 g/mol. The molecule has 1 unspecified atom stereocenters. The van der Waals surface area contributed by atoms with E-state index in [0.29, 0.717) is 18.0 Å².